The molecular weight excluding hydrogens is 522 g/mol. The lowest BCUT2D eigenvalue weighted by molar-refractivity contribution is 0.481. The van der Waals surface area contributed by atoms with Crippen molar-refractivity contribution in [3.8, 4) is 28.1 Å². The van der Waals surface area contributed by atoms with Crippen molar-refractivity contribution in [2.24, 2.45) is 0 Å². The van der Waals surface area contributed by atoms with E-state index in [0.29, 0.717) is 0 Å². The van der Waals surface area contributed by atoms with Crippen LogP contribution in [0.25, 0.3) is 82.5 Å². The highest BCUT2D eigenvalue weighted by Gasteiger charge is 2.19. The number of allylic oxidation sites excluding steroid dienone is 1. The zero-order valence-corrected chi connectivity index (χ0v) is 23.5. The van der Waals surface area contributed by atoms with E-state index in [1.807, 2.05) is 6.07 Å². The average molecular weight is 550 g/mol. The van der Waals surface area contributed by atoms with Crippen LogP contribution in [0.15, 0.2) is 127 Å². The first-order valence-corrected chi connectivity index (χ1v) is 14.9. The van der Waals surface area contributed by atoms with Gasteiger partial charge in [0.05, 0.1) is 11.2 Å². The van der Waals surface area contributed by atoms with Crippen LogP contribution in [0.1, 0.15) is 17.5 Å². The molecule has 0 fully saturated rings. The molecule has 9 rings (SSSR count). The Bertz CT molecular complexity index is 2470. The Morgan fingerprint density at radius 1 is 0.512 bits per heavy atom. The van der Waals surface area contributed by atoms with E-state index >= 15 is 0 Å². The van der Waals surface area contributed by atoms with Crippen molar-refractivity contribution in [1.82, 2.24) is 4.98 Å². The molecule has 0 bridgehead atoms. The fourth-order valence-electron chi connectivity index (χ4n) is 7.21. The summed E-state index contributed by atoms with van der Waals surface area (Å²) in [5.74, 6) is 0.242. The van der Waals surface area contributed by atoms with E-state index in [1.54, 1.807) is 0 Å². The molecule has 0 saturated carbocycles. The number of benzene rings is 7. The number of aromatic nitrogens is 1. The Morgan fingerprint density at radius 2 is 1.12 bits per heavy atom. The standard InChI is InChI=1S/C41H27NO/c43-40-24-39(37-22-26-12-2-4-14-28(26)30-16-6-8-18-32(30)37)42-41-34-20-10-9-19-33(34)36(23-38(40)41)35-21-25-11-1-3-13-27(25)29-15-5-7-17-31(29)35/h1-2,4-12,14-24H,3,13H2,(H,42,43). The van der Waals surface area contributed by atoms with Gasteiger partial charge in [0, 0.05) is 22.4 Å². The SMILES string of the molecule is Oc1cc(-c2cc3ccccc3c3ccccc23)nc2c1cc(-c1cc3c(c4ccccc14)CCC=C3)c1ccccc12. The quantitative estimate of drug-likeness (QED) is 0.218. The topological polar surface area (TPSA) is 33.1 Å². The first-order chi connectivity index (χ1) is 21.2. The average Bonchev–Trinajstić information content (AvgIpc) is 3.07. The van der Waals surface area contributed by atoms with Crippen LogP contribution in [0.3, 0.4) is 0 Å². The van der Waals surface area contributed by atoms with Gasteiger partial charge in [-0.25, -0.2) is 4.98 Å². The summed E-state index contributed by atoms with van der Waals surface area (Å²) in [6, 6.07) is 42.7. The number of nitrogens with zero attached hydrogens (tertiary/aromatic N) is 1. The Hall–Kier alpha value is -5.47. The Kier molecular flexibility index (Phi) is 5.21. The highest BCUT2D eigenvalue weighted by Crippen LogP contribution is 2.44. The molecule has 0 amide bonds. The number of aromatic hydroxyl groups is 1. The van der Waals surface area contributed by atoms with Crippen molar-refractivity contribution in [2.75, 3.05) is 0 Å². The van der Waals surface area contributed by atoms with E-state index in [2.05, 4.69) is 127 Å². The minimum Gasteiger partial charge on any atom is -0.507 e. The molecule has 0 atom stereocenters. The third-order valence-corrected chi connectivity index (χ3v) is 9.18. The molecule has 7 aromatic carbocycles. The second-order valence-corrected chi connectivity index (χ2v) is 11.6. The number of fused-ring (bicyclic) bond motifs is 9. The minimum absolute atomic E-state index is 0.242. The zero-order chi connectivity index (χ0) is 28.5. The number of pyridine rings is 1. The molecular formula is C41H27NO. The summed E-state index contributed by atoms with van der Waals surface area (Å²) in [6.07, 6.45) is 6.66. The van der Waals surface area contributed by atoms with Crippen molar-refractivity contribution in [1.29, 1.82) is 0 Å². The van der Waals surface area contributed by atoms with Gasteiger partial charge in [-0.15, -0.1) is 0 Å². The van der Waals surface area contributed by atoms with Crippen molar-refractivity contribution >= 4 is 60.1 Å². The molecule has 202 valence electrons. The molecule has 2 heteroatoms. The third-order valence-electron chi connectivity index (χ3n) is 9.18. The van der Waals surface area contributed by atoms with E-state index in [1.165, 1.54) is 38.2 Å². The maximum absolute atomic E-state index is 11.7. The molecule has 1 N–H and O–H groups in total. The largest absolute Gasteiger partial charge is 0.507 e. The van der Waals surface area contributed by atoms with Crippen LogP contribution in [0.2, 0.25) is 0 Å². The van der Waals surface area contributed by atoms with E-state index in [-0.39, 0.29) is 5.75 Å². The van der Waals surface area contributed by atoms with Gasteiger partial charge in [-0.3, -0.25) is 0 Å². The van der Waals surface area contributed by atoms with Gasteiger partial charge in [0.2, 0.25) is 0 Å². The summed E-state index contributed by atoms with van der Waals surface area (Å²) in [4.78, 5) is 5.29. The van der Waals surface area contributed by atoms with Crippen LogP contribution < -0.4 is 0 Å². The van der Waals surface area contributed by atoms with Gasteiger partial charge in [-0.2, -0.15) is 0 Å². The maximum atomic E-state index is 11.7. The van der Waals surface area contributed by atoms with E-state index in [9.17, 15) is 5.11 Å². The monoisotopic (exact) mass is 549 g/mol. The van der Waals surface area contributed by atoms with Crippen molar-refractivity contribution in [3.05, 3.63) is 139 Å². The predicted molar refractivity (Wildman–Crippen MR) is 182 cm³/mol. The molecule has 1 heterocycles. The molecule has 43 heavy (non-hydrogen) atoms. The molecule has 1 aromatic heterocycles. The van der Waals surface area contributed by atoms with E-state index in [4.69, 9.17) is 4.98 Å². The summed E-state index contributed by atoms with van der Waals surface area (Å²) in [6.45, 7) is 0. The Morgan fingerprint density at radius 3 is 1.91 bits per heavy atom. The van der Waals surface area contributed by atoms with Crippen molar-refractivity contribution < 1.29 is 5.11 Å². The maximum Gasteiger partial charge on any atom is 0.127 e. The highest BCUT2D eigenvalue weighted by molar-refractivity contribution is 6.18. The van der Waals surface area contributed by atoms with Crippen LogP contribution >= 0.6 is 0 Å². The minimum atomic E-state index is 0.242. The van der Waals surface area contributed by atoms with Gasteiger partial charge in [0.15, 0.2) is 0 Å². The third kappa shape index (κ3) is 3.63. The van der Waals surface area contributed by atoms with E-state index in [0.717, 1.165) is 62.1 Å². The number of rotatable bonds is 2. The Balaban J connectivity index is 1.35. The van der Waals surface area contributed by atoms with Crippen LogP contribution in [0.4, 0.5) is 0 Å². The van der Waals surface area contributed by atoms with Gasteiger partial charge in [0.25, 0.3) is 0 Å². The lowest BCUT2D eigenvalue weighted by atomic mass is 9.85. The second-order valence-electron chi connectivity index (χ2n) is 11.6. The smallest absolute Gasteiger partial charge is 0.127 e. The Labute approximate surface area is 249 Å². The summed E-state index contributed by atoms with van der Waals surface area (Å²) >= 11 is 0. The summed E-state index contributed by atoms with van der Waals surface area (Å²) in [5.41, 5.74) is 7.61. The van der Waals surface area contributed by atoms with Gasteiger partial charge >= 0.3 is 0 Å². The van der Waals surface area contributed by atoms with E-state index < -0.39 is 0 Å². The van der Waals surface area contributed by atoms with Gasteiger partial charge < -0.3 is 5.11 Å². The van der Waals surface area contributed by atoms with Gasteiger partial charge in [-0.05, 0) is 91.0 Å². The molecule has 0 unspecified atom stereocenters. The summed E-state index contributed by atoms with van der Waals surface area (Å²) < 4.78 is 0. The molecule has 8 aromatic rings. The van der Waals surface area contributed by atoms with Gasteiger partial charge in [-0.1, -0.05) is 109 Å². The number of aryl methyl sites for hydroxylation is 1. The molecule has 0 spiro atoms. The van der Waals surface area contributed by atoms with Crippen LogP contribution in [0.5, 0.6) is 5.75 Å². The molecule has 2 nitrogen and oxygen atoms in total. The van der Waals surface area contributed by atoms with Crippen LogP contribution in [-0.4, -0.2) is 10.1 Å². The fourth-order valence-corrected chi connectivity index (χ4v) is 7.21. The number of hydrogen-bond donors (Lipinski definition) is 1. The number of hydrogen-bond acceptors (Lipinski definition) is 2. The zero-order valence-electron chi connectivity index (χ0n) is 23.5. The molecule has 0 aliphatic heterocycles. The summed E-state index contributed by atoms with van der Waals surface area (Å²) in [7, 11) is 0. The van der Waals surface area contributed by atoms with Crippen molar-refractivity contribution in [2.45, 2.75) is 12.8 Å². The normalized spacial score (nSPS) is 12.9. The lowest BCUT2D eigenvalue weighted by Crippen LogP contribution is -1.98. The predicted octanol–water partition coefficient (Wildman–Crippen LogP) is 10.8. The van der Waals surface area contributed by atoms with Crippen LogP contribution in [-0.2, 0) is 6.42 Å². The molecule has 0 saturated heterocycles. The molecule has 1 aliphatic carbocycles. The van der Waals surface area contributed by atoms with Crippen molar-refractivity contribution in [3.63, 3.8) is 0 Å². The molecule has 1 aliphatic rings. The highest BCUT2D eigenvalue weighted by atomic mass is 16.3. The lowest BCUT2D eigenvalue weighted by Gasteiger charge is -2.19. The van der Waals surface area contributed by atoms with Gasteiger partial charge in [0.1, 0.15) is 5.75 Å². The fraction of sp³-hybridized carbons (Fsp3) is 0.0488. The molecule has 0 radical (unpaired) electrons. The van der Waals surface area contributed by atoms with Crippen LogP contribution in [0, 0.1) is 0 Å². The second kappa shape index (κ2) is 9.27. The summed E-state index contributed by atoms with van der Waals surface area (Å²) in [5, 5.41) is 21.9. The first-order valence-electron chi connectivity index (χ1n) is 14.9. The first kappa shape index (κ1) is 24.2.